The lowest BCUT2D eigenvalue weighted by atomic mass is 10.2. The Hall–Kier alpha value is -2.37. The summed E-state index contributed by atoms with van der Waals surface area (Å²) in [6, 6.07) is 7.19. The maximum absolute atomic E-state index is 11.8. The Morgan fingerprint density at radius 1 is 1.27 bits per heavy atom. The molecule has 0 bridgehead atoms. The molecule has 74 valence electrons. The van der Waals surface area contributed by atoms with Crippen molar-refractivity contribution in [1.82, 2.24) is 19.3 Å². The highest BCUT2D eigenvalue weighted by molar-refractivity contribution is 5.79. The molecule has 0 amide bonds. The van der Waals surface area contributed by atoms with Crippen LogP contribution in [0, 0.1) is 0 Å². The quantitative estimate of drug-likeness (QED) is 0.509. The summed E-state index contributed by atoms with van der Waals surface area (Å²) in [7, 11) is 0. The predicted octanol–water partition coefficient (Wildman–Crippen LogP) is -0.242. The lowest BCUT2D eigenvalue weighted by molar-refractivity contribution is 0.924. The zero-order valence-electron chi connectivity index (χ0n) is 7.66. The first-order valence-corrected chi connectivity index (χ1v) is 4.37. The fourth-order valence-electron chi connectivity index (χ4n) is 1.65. The first-order chi connectivity index (χ1) is 7.29. The van der Waals surface area contributed by atoms with Gasteiger partial charge in [0.1, 0.15) is 6.33 Å². The highest BCUT2D eigenvalue weighted by Crippen LogP contribution is 2.09. The number of nitrogens with two attached hydrogens (primary N) is 1. The van der Waals surface area contributed by atoms with Crippen LogP contribution in [0.25, 0.3) is 16.7 Å². The highest BCUT2D eigenvalue weighted by Gasteiger charge is 2.08. The van der Waals surface area contributed by atoms with E-state index >= 15 is 0 Å². The third-order valence-electron chi connectivity index (χ3n) is 2.36. The van der Waals surface area contributed by atoms with Gasteiger partial charge in [0.25, 0.3) is 11.3 Å². The molecule has 0 aliphatic rings. The second-order valence-electron chi connectivity index (χ2n) is 3.19. The van der Waals surface area contributed by atoms with Gasteiger partial charge in [0, 0.05) is 0 Å². The van der Waals surface area contributed by atoms with Crippen LogP contribution in [0.1, 0.15) is 0 Å². The Balaban J connectivity index is 2.77. The fourth-order valence-corrected chi connectivity index (χ4v) is 1.65. The topological polar surface area (TPSA) is 78.2 Å². The minimum atomic E-state index is -0.272. The van der Waals surface area contributed by atoms with E-state index in [0.717, 1.165) is 10.2 Å². The van der Waals surface area contributed by atoms with Gasteiger partial charge in [-0.1, -0.05) is 12.1 Å². The van der Waals surface area contributed by atoms with Gasteiger partial charge in [-0.15, -0.1) is 10.2 Å². The van der Waals surface area contributed by atoms with Gasteiger partial charge in [0.2, 0.25) is 0 Å². The van der Waals surface area contributed by atoms with Crippen molar-refractivity contribution in [2.75, 3.05) is 5.84 Å². The van der Waals surface area contributed by atoms with Gasteiger partial charge in [0.15, 0.2) is 0 Å². The molecule has 2 N–H and O–H groups in total. The van der Waals surface area contributed by atoms with Gasteiger partial charge in [0.05, 0.1) is 10.9 Å². The molecule has 0 saturated heterocycles. The number of rotatable bonds is 0. The van der Waals surface area contributed by atoms with Crippen LogP contribution in [-0.2, 0) is 0 Å². The molecular formula is C9H7N5O. The Morgan fingerprint density at radius 3 is 2.93 bits per heavy atom. The van der Waals surface area contributed by atoms with Crippen molar-refractivity contribution in [2.24, 2.45) is 0 Å². The summed E-state index contributed by atoms with van der Waals surface area (Å²) in [6.07, 6.45) is 1.53. The van der Waals surface area contributed by atoms with E-state index in [1.165, 1.54) is 6.33 Å². The number of nitrogen functional groups attached to an aromatic ring is 1. The van der Waals surface area contributed by atoms with E-state index in [1.54, 1.807) is 16.5 Å². The van der Waals surface area contributed by atoms with E-state index in [2.05, 4.69) is 10.2 Å². The zero-order valence-corrected chi connectivity index (χ0v) is 7.66. The Kier molecular flexibility index (Phi) is 1.37. The van der Waals surface area contributed by atoms with Crippen LogP contribution >= 0.6 is 0 Å². The summed E-state index contributed by atoms with van der Waals surface area (Å²) in [5.41, 5.74) is 0.482. The summed E-state index contributed by atoms with van der Waals surface area (Å²) in [4.78, 5) is 11.8. The Bertz CT molecular complexity index is 711. The van der Waals surface area contributed by atoms with Gasteiger partial charge >= 0.3 is 0 Å². The maximum Gasteiger partial charge on any atom is 0.281 e. The number of hydrogen-bond acceptors (Lipinski definition) is 4. The Labute approximate surface area is 83.5 Å². The average Bonchev–Trinajstić information content (AvgIpc) is 2.75. The molecule has 0 spiro atoms. The minimum Gasteiger partial charge on any atom is -0.333 e. The SMILES string of the molecule is Nn1c(=O)c2ccccc2n2cnnc12. The van der Waals surface area contributed by atoms with Crippen molar-refractivity contribution in [3.63, 3.8) is 0 Å². The van der Waals surface area contributed by atoms with Crippen molar-refractivity contribution in [2.45, 2.75) is 0 Å². The molecule has 3 aromatic rings. The van der Waals surface area contributed by atoms with E-state index in [9.17, 15) is 4.79 Å². The second kappa shape index (κ2) is 2.57. The number of fused-ring (bicyclic) bond motifs is 3. The lowest BCUT2D eigenvalue weighted by Crippen LogP contribution is -2.29. The molecule has 3 rings (SSSR count). The molecule has 1 aromatic carbocycles. The first-order valence-electron chi connectivity index (χ1n) is 4.37. The molecular weight excluding hydrogens is 194 g/mol. The predicted molar refractivity (Wildman–Crippen MR) is 54.9 cm³/mol. The molecule has 2 heterocycles. The third-order valence-corrected chi connectivity index (χ3v) is 2.36. The third kappa shape index (κ3) is 0.899. The molecule has 0 aliphatic heterocycles. The number of benzene rings is 1. The standard InChI is InChI=1S/C9H7N5O/c10-14-8(15)6-3-1-2-4-7(6)13-5-11-12-9(13)14/h1-5H,10H2. The molecule has 0 radical (unpaired) electrons. The van der Waals surface area contributed by atoms with Crippen LogP contribution in [0.3, 0.4) is 0 Å². The normalized spacial score (nSPS) is 11.2. The van der Waals surface area contributed by atoms with E-state index in [0.29, 0.717) is 11.2 Å². The largest absolute Gasteiger partial charge is 0.333 e. The first kappa shape index (κ1) is 7.98. The van der Waals surface area contributed by atoms with Crippen LogP contribution < -0.4 is 11.4 Å². The molecule has 0 aliphatic carbocycles. The van der Waals surface area contributed by atoms with Gasteiger partial charge in [-0.2, -0.15) is 4.68 Å². The highest BCUT2D eigenvalue weighted by atomic mass is 16.1. The van der Waals surface area contributed by atoms with Crippen LogP contribution in [0.4, 0.5) is 0 Å². The number of aromatic nitrogens is 4. The monoisotopic (exact) mass is 201 g/mol. The summed E-state index contributed by atoms with van der Waals surface area (Å²) in [5.74, 6) is 5.94. The molecule has 0 unspecified atom stereocenters. The van der Waals surface area contributed by atoms with Crippen molar-refractivity contribution in [3.05, 3.63) is 40.9 Å². The van der Waals surface area contributed by atoms with E-state index in [1.807, 2.05) is 12.1 Å². The second-order valence-corrected chi connectivity index (χ2v) is 3.19. The smallest absolute Gasteiger partial charge is 0.281 e. The Morgan fingerprint density at radius 2 is 2.07 bits per heavy atom. The maximum atomic E-state index is 11.8. The number of nitrogens with zero attached hydrogens (tertiary/aromatic N) is 4. The van der Waals surface area contributed by atoms with Crippen LogP contribution in [0.2, 0.25) is 0 Å². The number of hydrogen-bond donors (Lipinski definition) is 1. The van der Waals surface area contributed by atoms with Gasteiger partial charge in [-0.3, -0.25) is 9.20 Å². The van der Waals surface area contributed by atoms with Gasteiger partial charge in [-0.25, -0.2) is 0 Å². The summed E-state index contributed by atoms with van der Waals surface area (Å²) < 4.78 is 2.67. The van der Waals surface area contributed by atoms with Crippen LogP contribution in [0.5, 0.6) is 0 Å². The molecule has 2 aromatic heterocycles. The molecule has 0 atom stereocenters. The summed E-state index contributed by atoms with van der Waals surface area (Å²) >= 11 is 0. The summed E-state index contributed by atoms with van der Waals surface area (Å²) in [6.45, 7) is 0. The molecule has 15 heavy (non-hydrogen) atoms. The van der Waals surface area contributed by atoms with Gasteiger partial charge in [-0.05, 0) is 12.1 Å². The van der Waals surface area contributed by atoms with Crippen molar-refractivity contribution < 1.29 is 0 Å². The molecule has 0 fully saturated rings. The fraction of sp³-hybridized carbons (Fsp3) is 0. The minimum absolute atomic E-state index is 0.272. The van der Waals surface area contributed by atoms with E-state index in [4.69, 9.17) is 5.84 Å². The molecule has 6 heteroatoms. The molecule has 0 saturated carbocycles. The van der Waals surface area contributed by atoms with Crippen molar-refractivity contribution in [3.8, 4) is 0 Å². The van der Waals surface area contributed by atoms with Crippen molar-refractivity contribution >= 4 is 16.7 Å². The van der Waals surface area contributed by atoms with Crippen LogP contribution in [0.15, 0.2) is 35.4 Å². The van der Waals surface area contributed by atoms with Gasteiger partial charge < -0.3 is 5.84 Å². The number of para-hydroxylation sites is 1. The zero-order chi connectivity index (χ0) is 10.4. The lowest BCUT2D eigenvalue weighted by Gasteiger charge is -2.03. The van der Waals surface area contributed by atoms with E-state index in [-0.39, 0.29) is 5.56 Å². The van der Waals surface area contributed by atoms with Crippen LogP contribution in [-0.4, -0.2) is 19.3 Å². The van der Waals surface area contributed by atoms with E-state index < -0.39 is 0 Å². The van der Waals surface area contributed by atoms with Crippen molar-refractivity contribution in [1.29, 1.82) is 0 Å². The summed E-state index contributed by atoms with van der Waals surface area (Å²) in [5, 5.41) is 8.06. The average molecular weight is 201 g/mol. The molecule has 6 nitrogen and oxygen atoms in total.